The van der Waals surface area contributed by atoms with Gasteiger partial charge in [-0.1, -0.05) is 308 Å². The molecule has 434 valence electrons. The van der Waals surface area contributed by atoms with Gasteiger partial charge in [0, 0.05) is 19.3 Å². The van der Waals surface area contributed by atoms with Crippen LogP contribution in [0, 0.1) is 0 Å². The molecule has 0 amide bonds. The van der Waals surface area contributed by atoms with E-state index in [-0.39, 0.29) is 31.1 Å². The van der Waals surface area contributed by atoms with Gasteiger partial charge >= 0.3 is 17.9 Å². The average molecular weight is 1040 g/mol. The van der Waals surface area contributed by atoms with Crippen molar-refractivity contribution in [3.05, 3.63) is 36.5 Å². The van der Waals surface area contributed by atoms with Gasteiger partial charge in [0.25, 0.3) is 0 Å². The summed E-state index contributed by atoms with van der Waals surface area (Å²) < 4.78 is 16.9. The molecule has 1 unspecified atom stereocenters. The van der Waals surface area contributed by atoms with Gasteiger partial charge in [-0.05, 0) is 70.6 Å². The predicted molar refractivity (Wildman–Crippen MR) is 321 cm³/mol. The maximum absolute atomic E-state index is 12.9. The van der Waals surface area contributed by atoms with Crippen molar-refractivity contribution in [2.75, 3.05) is 13.2 Å². The topological polar surface area (TPSA) is 78.9 Å². The second kappa shape index (κ2) is 63.2. The van der Waals surface area contributed by atoms with E-state index in [9.17, 15) is 14.4 Å². The highest BCUT2D eigenvalue weighted by atomic mass is 16.6. The van der Waals surface area contributed by atoms with Crippen LogP contribution >= 0.6 is 0 Å². The molecular weight excluding hydrogens is 913 g/mol. The zero-order valence-electron chi connectivity index (χ0n) is 49.9. The second-order valence-electron chi connectivity index (χ2n) is 22.4. The molecule has 0 saturated heterocycles. The smallest absolute Gasteiger partial charge is 0.306 e. The van der Waals surface area contributed by atoms with Gasteiger partial charge in [0.05, 0.1) is 0 Å². The van der Waals surface area contributed by atoms with E-state index in [2.05, 4.69) is 57.2 Å². The number of hydrogen-bond donors (Lipinski definition) is 0. The molecule has 0 heterocycles. The van der Waals surface area contributed by atoms with Crippen molar-refractivity contribution in [1.29, 1.82) is 0 Å². The third-order valence-corrected chi connectivity index (χ3v) is 14.9. The number of carbonyl (C=O) groups is 3. The van der Waals surface area contributed by atoms with Gasteiger partial charge in [0.1, 0.15) is 13.2 Å². The van der Waals surface area contributed by atoms with Crippen LogP contribution in [0.15, 0.2) is 36.5 Å². The highest BCUT2D eigenvalue weighted by Gasteiger charge is 2.19. The molecule has 0 saturated carbocycles. The molecule has 0 fully saturated rings. The van der Waals surface area contributed by atoms with Crippen LogP contribution < -0.4 is 0 Å². The number of ether oxygens (including phenoxy) is 3. The van der Waals surface area contributed by atoms with E-state index in [1.165, 1.54) is 250 Å². The fourth-order valence-electron chi connectivity index (χ4n) is 9.87. The Morgan fingerprint density at radius 2 is 0.500 bits per heavy atom. The molecule has 0 aliphatic heterocycles. The van der Waals surface area contributed by atoms with Crippen molar-refractivity contribution < 1.29 is 28.6 Å². The van der Waals surface area contributed by atoms with Gasteiger partial charge in [-0.2, -0.15) is 0 Å². The number of unbranched alkanes of at least 4 members (excludes halogenated alkanes) is 44. The van der Waals surface area contributed by atoms with Crippen LogP contribution in [0.2, 0.25) is 0 Å². The lowest BCUT2D eigenvalue weighted by atomic mass is 10.0. The van der Waals surface area contributed by atoms with E-state index in [1.807, 2.05) is 0 Å². The zero-order valence-corrected chi connectivity index (χ0v) is 49.9. The van der Waals surface area contributed by atoms with Crippen LogP contribution in [0.1, 0.15) is 361 Å². The molecule has 0 N–H and O–H groups in total. The summed E-state index contributed by atoms with van der Waals surface area (Å²) in [5, 5.41) is 0. The molecule has 74 heavy (non-hydrogen) atoms. The molecule has 0 aliphatic carbocycles. The van der Waals surface area contributed by atoms with E-state index < -0.39 is 6.10 Å². The van der Waals surface area contributed by atoms with Crippen molar-refractivity contribution in [3.8, 4) is 0 Å². The molecule has 0 radical (unpaired) electrons. The third kappa shape index (κ3) is 60.5. The SMILES string of the molecule is CCCC/C=C\CCCCCCCC(=O)OCC(COC(=O)CCCCCCCCCCCCCCCCC/C=C\C/C=C\CCCCCCC)OC(=O)CCCCCCCCCCCCCCCCCCCC. The molecule has 6 nitrogen and oxygen atoms in total. The van der Waals surface area contributed by atoms with E-state index in [0.717, 1.165) is 70.6 Å². The molecule has 0 rings (SSSR count). The van der Waals surface area contributed by atoms with Crippen molar-refractivity contribution in [1.82, 2.24) is 0 Å². The Kier molecular flexibility index (Phi) is 61.1. The fraction of sp³-hybridized carbons (Fsp3) is 0.868. The Labute approximate surface area is 461 Å². The maximum atomic E-state index is 12.9. The minimum absolute atomic E-state index is 0.0699. The van der Waals surface area contributed by atoms with Gasteiger partial charge in [-0.3, -0.25) is 14.4 Å². The monoisotopic (exact) mass is 1040 g/mol. The Hall–Kier alpha value is -2.37. The standard InChI is InChI=1S/C68H126O6/c1-4-7-10-13-16-19-22-24-26-28-30-31-32-33-34-35-36-37-38-40-41-43-46-49-52-55-58-61-67(70)73-64-65(63-72-66(69)60-57-54-51-48-45-21-18-15-12-9-6-3)74-68(71)62-59-56-53-50-47-44-42-39-29-27-25-23-20-17-14-11-8-5-2/h15,18,22,24,28,30,65H,4-14,16-17,19-21,23,25-27,29,31-64H2,1-3H3/b18-15-,24-22-,30-28-. The van der Waals surface area contributed by atoms with E-state index >= 15 is 0 Å². The van der Waals surface area contributed by atoms with Crippen molar-refractivity contribution >= 4 is 17.9 Å². The lowest BCUT2D eigenvalue weighted by Crippen LogP contribution is -2.30. The Morgan fingerprint density at radius 3 is 0.797 bits per heavy atom. The number of hydrogen-bond acceptors (Lipinski definition) is 6. The highest BCUT2D eigenvalue weighted by molar-refractivity contribution is 5.71. The molecule has 6 heteroatoms. The Morgan fingerprint density at radius 1 is 0.270 bits per heavy atom. The molecule has 0 spiro atoms. The summed E-state index contributed by atoms with van der Waals surface area (Å²) in [7, 11) is 0. The minimum Gasteiger partial charge on any atom is -0.462 e. The van der Waals surface area contributed by atoms with Gasteiger partial charge in [0.2, 0.25) is 0 Å². The van der Waals surface area contributed by atoms with Crippen LogP contribution in [0.4, 0.5) is 0 Å². The molecule has 0 bridgehead atoms. The molecule has 0 aliphatic rings. The van der Waals surface area contributed by atoms with Crippen molar-refractivity contribution in [2.45, 2.75) is 367 Å². The zero-order chi connectivity index (χ0) is 53.6. The normalized spacial score (nSPS) is 12.2. The lowest BCUT2D eigenvalue weighted by molar-refractivity contribution is -0.167. The van der Waals surface area contributed by atoms with Gasteiger partial charge in [-0.15, -0.1) is 0 Å². The highest BCUT2D eigenvalue weighted by Crippen LogP contribution is 2.18. The summed E-state index contributed by atoms with van der Waals surface area (Å²) in [4.78, 5) is 38.2. The summed E-state index contributed by atoms with van der Waals surface area (Å²) >= 11 is 0. The first-order valence-corrected chi connectivity index (χ1v) is 33.0. The number of allylic oxidation sites excluding steroid dienone is 6. The molecule has 0 aromatic carbocycles. The van der Waals surface area contributed by atoms with Gasteiger partial charge < -0.3 is 14.2 Å². The first-order valence-electron chi connectivity index (χ1n) is 33.0. The predicted octanol–water partition coefficient (Wildman–Crippen LogP) is 22.4. The Balaban J connectivity index is 4.17. The van der Waals surface area contributed by atoms with Gasteiger partial charge in [-0.25, -0.2) is 0 Å². The quantitative estimate of drug-likeness (QED) is 0.0261. The van der Waals surface area contributed by atoms with Crippen LogP contribution in [-0.2, 0) is 28.6 Å². The summed E-state index contributed by atoms with van der Waals surface area (Å²) in [5.41, 5.74) is 0. The van der Waals surface area contributed by atoms with Crippen LogP contribution in [0.25, 0.3) is 0 Å². The Bertz CT molecular complexity index is 1240. The second-order valence-corrected chi connectivity index (χ2v) is 22.4. The number of rotatable bonds is 61. The number of esters is 3. The van der Waals surface area contributed by atoms with Crippen LogP contribution in [-0.4, -0.2) is 37.2 Å². The third-order valence-electron chi connectivity index (χ3n) is 14.9. The summed E-state index contributed by atoms with van der Waals surface area (Å²) in [6.07, 6.45) is 77.4. The molecule has 0 aromatic rings. The lowest BCUT2D eigenvalue weighted by Gasteiger charge is -2.18. The maximum Gasteiger partial charge on any atom is 0.306 e. The largest absolute Gasteiger partial charge is 0.462 e. The van der Waals surface area contributed by atoms with Crippen LogP contribution in [0.3, 0.4) is 0 Å². The van der Waals surface area contributed by atoms with Gasteiger partial charge in [0.15, 0.2) is 6.10 Å². The summed E-state index contributed by atoms with van der Waals surface area (Å²) in [6, 6.07) is 0. The minimum atomic E-state index is -0.772. The first kappa shape index (κ1) is 71.6. The molecule has 0 aromatic heterocycles. The number of carbonyl (C=O) groups excluding carboxylic acids is 3. The summed E-state index contributed by atoms with van der Waals surface area (Å²) in [5.74, 6) is -0.856. The van der Waals surface area contributed by atoms with Crippen molar-refractivity contribution in [2.24, 2.45) is 0 Å². The summed E-state index contributed by atoms with van der Waals surface area (Å²) in [6.45, 7) is 6.65. The van der Waals surface area contributed by atoms with Crippen molar-refractivity contribution in [3.63, 3.8) is 0 Å². The van der Waals surface area contributed by atoms with E-state index in [1.54, 1.807) is 0 Å². The molecular formula is C68H126O6. The molecule has 1 atom stereocenters. The fourth-order valence-corrected chi connectivity index (χ4v) is 9.87. The van der Waals surface area contributed by atoms with E-state index in [0.29, 0.717) is 19.3 Å². The first-order chi connectivity index (χ1) is 36.5. The average Bonchev–Trinajstić information content (AvgIpc) is 3.40. The van der Waals surface area contributed by atoms with Crippen LogP contribution in [0.5, 0.6) is 0 Å². The van der Waals surface area contributed by atoms with E-state index in [4.69, 9.17) is 14.2 Å².